The van der Waals surface area contributed by atoms with Crippen LogP contribution in [-0.2, 0) is 11.0 Å². The van der Waals surface area contributed by atoms with Crippen LogP contribution in [0.15, 0.2) is 42.7 Å². The van der Waals surface area contributed by atoms with Crippen LogP contribution in [0.2, 0.25) is 0 Å². The maximum absolute atomic E-state index is 13.8. The van der Waals surface area contributed by atoms with Crippen LogP contribution in [0.25, 0.3) is 0 Å². The fourth-order valence-corrected chi connectivity index (χ4v) is 4.51. The molecule has 4 rings (SSSR count). The highest BCUT2D eigenvalue weighted by Gasteiger charge is 2.38. The molecule has 2 atom stereocenters. The van der Waals surface area contributed by atoms with Gasteiger partial charge < -0.3 is 15.3 Å². The predicted molar refractivity (Wildman–Crippen MR) is 123 cm³/mol. The first-order valence-electron chi connectivity index (χ1n) is 11.5. The second kappa shape index (κ2) is 11.4. The zero-order valence-corrected chi connectivity index (χ0v) is 19.8. The zero-order chi connectivity index (χ0) is 27.4. The molecule has 1 amide bonds. The molecule has 0 saturated carbocycles. The van der Waals surface area contributed by atoms with Gasteiger partial charge in [0.15, 0.2) is 0 Å². The van der Waals surface area contributed by atoms with E-state index in [0.717, 1.165) is 32.1 Å². The van der Waals surface area contributed by atoms with Gasteiger partial charge in [-0.15, -0.1) is 0 Å². The number of anilines is 2. The molecule has 37 heavy (non-hydrogen) atoms. The Labute approximate surface area is 209 Å². The molecular weight excluding hydrogens is 506 g/mol. The van der Waals surface area contributed by atoms with Crippen LogP contribution in [0.4, 0.5) is 37.7 Å². The van der Waals surface area contributed by atoms with Gasteiger partial charge in [-0.2, -0.15) is 26.3 Å². The lowest BCUT2D eigenvalue weighted by atomic mass is 10.1. The normalized spacial score (nSPS) is 20.4. The molecule has 0 bridgehead atoms. The van der Waals surface area contributed by atoms with Gasteiger partial charge in [-0.25, -0.2) is 4.79 Å². The second-order valence-electron chi connectivity index (χ2n) is 8.84. The van der Waals surface area contributed by atoms with E-state index >= 15 is 0 Å². The van der Waals surface area contributed by atoms with Gasteiger partial charge in [0.05, 0.1) is 16.8 Å². The van der Waals surface area contributed by atoms with E-state index in [9.17, 15) is 31.1 Å². The van der Waals surface area contributed by atoms with Crippen LogP contribution in [-0.4, -0.2) is 64.8 Å². The minimum absolute atomic E-state index is 0.205. The van der Waals surface area contributed by atoms with E-state index in [1.165, 1.54) is 37.4 Å². The molecule has 202 valence electrons. The van der Waals surface area contributed by atoms with Crippen LogP contribution in [0.5, 0.6) is 0 Å². The number of aromatic nitrogens is 1. The lowest BCUT2D eigenvalue weighted by Crippen LogP contribution is -2.39. The standard InChI is InChI=1S/C22H25F3N4O.C2HF3O2/c1-15-4-3-10-29(15)18-8-11-28(14-18)17-6-7-20(19(12-17)22(23,24)25)27-21(30)16-5-2-9-26-13-16;3-2(4,5)1(6)7/h2,5-7,9,12-13,15,18H,3-4,8,10-11,14H2,1H3,(H,27,30);(H,6,7). The third-order valence-electron chi connectivity index (χ3n) is 6.32. The smallest absolute Gasteiger partial charge is 0.475 e. The molecule has 0 radical (unpaired) electrons. The van der Waals surface area contributed by atoms with Gasteiger partial charge >= 0.3 is 18.3 Å². The average Bonchev–Trinajstić information content (AvgIpc) is 3.48. The SMILES string of the molecule is CC1CCCN1C1CCN(c2ccc(NC(=O)c3cccnc3)c(C(F)(F)F)c2)C1.O=C(O)C(F)(F)F. The van der Waals surface area contributed by atoms with Crippen molar-refractivity contribution >= 4 is 23.3 Å². The van der Waals surface area contributed by atoms with E-state index in [1.54, 1.807) is 12.1 Å². The number of carboxylic acid groups (broad SMARTS) is 1. The molecule has 2 aromatic rings. The maximum Gasteiger partial charge on any atom is 0.490 e. The highest BCUT2D eigenvalue weighted by atomic mass is 19.4. The summed E-state index contributed by atoms with van der Waals surface area (Å²) < 4.78 is 73.0. The third kappa shape index (κ3) is 7.34. The van der Waals surface area contributed by atoms with Crippen molar-refractivity contribution in [2.75, 3.05) is 29.9 Å². The molecule has 2 aliphatic heterocycles. The second-order valence-corrected chi connectivity index (χ2v) is 8.84. The van der Waals surface area contributed by atoms with E-state index in [2.05, 4.69) is 22.1 Å². The number of likely N-dealkylation sites (tertiary alicyclic amines) is 1. The molecule has 0 spiro atoms. The molecule has 2 N–H and O–H groups in total. The van der Waals surface area contributed by atoms with E-state index in [4.69, 9.17) is 9.90 Å². The van der Waals surface area contributed by atoms with E-state index in [0.29, 0.717) is 17.8 Å². The van der Waals surface area contributed by atoms with Gasteiger partial charge in [-0.05, 0) is 63.1 Å². The number of nitrogens with zero attached hydrogens (tertiary/aromatic N) is 3. The first-order chi connectivity index (χ1) is 17.3. The lowest BCUT2D eigenvalue weighted by molar-refractivity contribution is -0.192. The Morgan fingerprint density at radius 1 is 1.08 bits per heavy atom. The molecule has 0 aliphatic carbocycles. The van der Waals surface area contributed by atoms with Crippen molar-refractivity contribution < 1.29 is 41.0 Å². The minimum Gasteiger partial charge on any atom is -0.475 e. The maximum atomic E-state index is 13.8. The van der Waals surface area contributed by atoms with Crippen LogP contribution in [0.1, 0.15) is 42.1 Å². The summed E-state index contributed by atoms with van der Waals surface area (Å²) in [4.78, 5) is 29.5. The fraction of sp³-hybridized carbons (Fsp3) is 0.458. The molecule has 2 fully saturated rings. The predicted octanol–water partition coefficient (Wildman–Crippen LogP) is 5.05. The average molecular weight is 532 g/mol. The molecule has 13 heteroatoms. The lowest BCUT2D eigenvalue weighted by Gasteiger charge is -2.29. The van der Waals surface area contributed by atoms with Crippen molar-refractivity contribution in [3.63, 3.8) is 0 Å². The molecule has 2 saturated heterocycles. The van der Waals surface area contributed by atoms with Crippen LogP contribution >= 0.6 is 0 Å². The topological polar surface area (TPSA) is 85.8 Å². The number of hydrogen-bond acceptors (Lipinski definition) is 5. The van der Waals surface area contributed by atoms with Gasteiger partial charge in [0.25, 0.3) is 5.91 Å². The Bertz CT molecular complexity index is 1090. The number of carboxylic acids is 1. The van der Waals surface area contributed by atoms with Crippen molar-refractivity contribution in [1.29, 1.82) is 0 Å². The van der Waals surface area contributed by atoms with Gasteiger partial charge in [-0.3, -0.25) is 14.7 Å². The number of nitrogens with one attached hydrogen (secondary N) is 1. The molecule has 7 nitrogen and oxygen atoms in total. The van der Waals surface area contributed by atoms with E-state index in [-0.39, 0.29) is 11.3 Å². The van der Waals surface area contributed by atoms with Crippen molar-refractivity contribution in [3.05, 3.63) is 53.9 Å². The van der Waals surface area contributed by atoms with Crippen LogP contribution in [0.3, 0.4) is 0 Å². The van der Waals surface area contributed by atoms with Gasteiger partial charge in [-0.1, -0.05) is 0 Å². The first kappa shape index (κ1) is 28.2. The van der Waals surface area contributed by atoms with Gasteiger partial charge in [0.1, 0.15) is 0 Å². The highest BCUT2D eigenvalue weighted by Crippen LogP contribution is 2.38. The summed E-state index contributed by atoms with van der Waals surface area (Å²) >= 11 is 0. The summed E-state index contributed by atoms with van der Waals surface area (Å²) in [5, 5.41) is 9.51. The zero-order valence-electron chi connectivity index (χ0n) is 19.8. The molecule has 3 heterocycles. The summed E-state index contributed by atoms with van der Waals surface area (Å²) in [5.41, 5.74) is -0.341. The Morgan fingerprint density at radius 2 is 1.78 bits per heavy atom. The molecule has 1 aromatic carbocycles. The number of pyridine rings is 1. The van der Waals surface area contributed by atoms with Crippen molar-refractivity contribution in [2.45, 2.75) is 50.6 Å². The number of halogens is 6. The Balaban J connectivity index is 0.000000479. The molecule has 2 unspecified atom stereocenters. The quantitative estimate of drug-likeness (QED) is 0.537. The van der Waals surface area contributed by atoms with Crippen molar-refractivity contribution in [1.82, 2.24) is 9.88 Å². The number of rotatable bonds is 4. The number of carbonyl (C=O) groups is 2. The number of aliphatic carboxylic acids is 1. The summed E-state index contributed by atoms with van der Waals surface area (Å²) in [7, 11) is 0. The number of carbonyl (C=O) groups excluding carboxylic acids is 1. The highest BCUT2D eigenvalue weighted by molar-refractivity contribution is 6.04. The largest absolute Gasteiger partial charge is 0.490 e. The van der Waals surface area contributed by atoms with E-state index in [1.807, 2.05) is 4.90 Å². The Kier molecular flexibility index (Phi) is 8.67. The summed E-state index contributed by atoms with van der Waals surface area (Å²) in [5.74, 6) is -3.38. The van der Waals surface area contributed by atoms with Crippen LogP contribution < -0.4 is 10.2 Å². The Hall–Kier alpha value is -3.35. The van der Waals surface area contributed by atoms with Crippen molar-refractivity contribution in [3.8, 4) is 0 Å². The molecule has 2 aliphatic rings. The van der Waals surface area contributed by atoms with Gasteiger partial charge in [0, 0.05) is 43.3 Å². The number of benzene rings is 1. The summed E-state index contributed by atoms with van der Waals surface area (Å²) in [6, 6.07) is 8.13. The minimum atomic E-state index is -5.08. The molecular formula is C24H26F6N4O3. The van der Waals surface area contributed by atoms with Crippen molar-refractivity contribution in [2.24, 2.45) is 0 Å². The summed E-state index contributed by atoms with van der Waals surface area (Å²) in [6.07, 6.45) is -3.53. The van der Waals surface area contributed by atoms with E-state index < -0.39 is 29.8 Å². The fourth-order valence-electron chi connectivity index (χ4n) is 4.51. The number of alkyl halides is 6. The first-order valence-corrected chi connectivity index (χ1v) is 11.5. The molecule has 1 aromatic heterocycles. The number of hydrogen-bond donors (Lipinski definition) is 2. The summed E-state index contributed by atoms with van der Waals surface area (Å²) in [6.45, 7) is 4.74. The van der Waals surface area contributed by atoms with Gasteiger partial charge in [0.2, 0.25) is 0 Å². The third-order valence-corrected chi connectivity index (χ3v) is 6.32. The monoisotopic (exact) mass is 532 g/mol. The number of amides is 1. The Morgan fingerprint density at radius 3 is 2.32 bits per heavy atom. The van der Waals surface area contributed by atoms with Crippen LogP contribution in [0, 0.1) is 0 Å².